The third-order valence-electron chi connectivity index (χ3n) is 5.80. The molecule has 9 heteroatoms. The van der Waals surface area contributed by atoms with Gasteiger partial charge in [-0.15, -0.1) is 0 Å². The smallest absolute Gasteiger partial charge is 0.261 e. The Kier molecular flexibility index (Phi) is 3.82. The Hall–Kier alpha value is -3.98. The summed E-state index contributed by atoms with van der Waals surface area (Å²) in [6.45, 7) is 1.82. The zero-order valence-corrected chi connectivity index (χ0v) is 18.2. The minimum absolute atomic E-state index is 0.277. The second-order valence-electron chi connectivity index (χ2n) is 7.69. The molecule has 0 aliphatic carbocycles. The molecule has 0 saturated carbocycles. The third-order valence-corrected chi connectivity index (χ3v) is 6.34. The van der Waals surface area contributed by atoms with Crippen LogP contribution in [0.3, 0.4) is 0 Å². The summed E-state index contributed by atoms with van der Waals surface area (Å²) in [7, 11) is 3.28. The van der Waals surface area contributed by atoms with Crippen LogP contribution < -0.4 is 0 Å². The molecule has 0 saturated heterocycles. The summed E-state index contributed by atoms with van der Waals surface area (Å²) in [5, 5.41) is 0. The van der Waals surface area contributed by atoms with Crippen molar-refractivity contribution in [1.29, 1.82) is 0 Å². The van der Waals surface area contributed by atoms with Gasteiger partial charge in [0.15, 0.2) is 11.5 Å². The molecule has 6 rings (SSSR count). The largest absolute Gasteiger partial charge is 0.460 e. The molecule has 0 unspecified atom stereocenters. The molecule has 2 amide bonds. The van der Waals surface area contributed by atoms with E-state index >= 15 is 0 Å². The molecule has 4 aromatic rings. The van der Waals surface area contributed by atoms with Gasteiger partial charge in [0.2, 0.25) is 0 Å². The Morgan fingerprint density at radius 1 is 0.781 bits per heavy atom. The molecule has 1 aromatic carbocycles. The van der Waals surface area contributed by atoms with Crippen molar-refractivity contribution in [1.82, 2.24) is 18.5 Å². The van der Waals surface area contributed by atoms with Crippen LogP contribution in [0.1, 0.15) is 17.3 Å². The van der Waals surface area contributed by atoms with Crippen LogP contribution in [-0.2, 0) is 9.59 Å². The van der Waals surface area contributed by atoms with E-state index in [9.17, 15) is 9.59 Å². The van der Waals surface area contributed by atoms with Crippen molar-refractivity contribution in [2.45, 2.75) is 6.92 Å². The maximum Gasteiger partial charge on any atom is 0.261 e. The Morgan fingerprint density at radius 2 is 1.41 bits per heavy atom. The fraction of sp³-hybridized carbons (Fsp3) is 0.130. The van der Waals surface area contributed by atoms with Gasteiger partial charge in [-0.05, 0) is 43.3 Å². The van der Waals surface area contributed by atoms with Gasteiger partial charge in [-0.1, -0.05) is 6.07 Å². The average molecular weight is 444 g/mol. The highest BCUT2D eigenvalue weighted by Crippen LogP contribution is 2.46. The first kappa shape index (κ1) is 18.8. The molecule has 0 N–H and O–H groups in total. The highest BCUT2D eigenvalue weighted by molar-refractivity contribution is 7.00. The lowest BCUT2D eigenvalue weighted by Gasteiger charge is -2.17. The number of aryl methyl sites for hydroxylation is 1. The van der Waals surface area contributed by atoms with Crippen LogP contribution in [0.2, 0.25) is 0 Å². The molecule has 158 valence electrons. The number of amides is 2. The summed E-state index contributed by atoms with van der Waals surface area (Å²) < 4.78 is 20.5. The van der Waals surface area contributed by atoms with Crippen LogP contribution in [0, 0.1) is 6.92 Å². The normalized spacial score (nSPS) is 16.3. The maximum absolute atomic E-state index is 13.2. The van der Waals surface area contributed by atoms with E-state index in [2.05, 4.69) is 8.75 Å². The predicted molar refractivity (Wildman–Crippen MR) is 118 cm³/mol. The number of hydrogen-bond acceptors (Lipinski definition) is 7. The van der Waals surface area contributed by atoms with Crippen molar-refractivity contribution in [2.75, 3.05) is 14.1 Å². The van der Waals surface area contributed by atoms with Crippen molar-refractivity contribution < 1.29 is 18.4 Å². The molecule has 0 fully saturated rings. The molecule has 5 heterocycles. The van der Waals surface area contributed by atoms with Crippen LogP contribution in [0.5, 0.6) is 0 Å². The number of carbonyl (C=O) groups excluding carboxylic acids is 2. The van der Waals surface area contributed by atoms with E-state index in [1.165, 1.54) is 9.80 Å². The number of fused-ring (bicyclic) bond motifs is 2. The highest BCUT2D eigenvalue weighted by Gasteiger charge is 2.48. The minimum atomic E-state index is -0.277. The molecule has 0 bridgehead atoms. The summed E-state index contributed by atoms with van der Waals surface area (Å²) in [4.78, 5) is 29.3. The number of rotatable bonds is 3. The predicted octanol–water partition coefficient (Wildman–Crippen LogP) is 3.92. The molecule has 0 radical (unpaired) electrons. The minimum Gasteiger partial charge on any atom is -0.460 e. The van der Waals surface area contributed by atoms with Crippen LogP contribution in [0.25, 0.3) is 33.8 Å². The number of hydrogen-bond donors (Lipinski definition) is 0. The van der Waals surface area contributed by atoms with Gasteiger partial charge >= 0.3 is 0 Å². The van der Waals surface area contributed by atoms with Crippen molar-refractivity contribution in [3.8, 4) is 11.3 Å². The molecule has 0 atom stereocenters. The Bertz CT molecular complexity index is 1520. The molecule has 8 nitrogen and oxygen atoms in total. The Labute approximate surface area is 186 Å². The zero-order valence-electron chi connectivity index (χ0n) is 17.4. The molecular formula is C23H16N4O4S. The van der Waals surface area contributed by atoms with E-state index < -0.39 is 0 Å². The lowest BCUT2D eigenvalue weighted by molar-refractivity contribution is -0.123. The standard InChI is InChI=1S/C23H16N4O4S/c1-11-7-8-15(30-11)20-17-18(23(29)26(20)2)21(27(3)22(17)28)16-10-9-14(31-16)12-5-4-6-13-19(12)25-32-24-13/h4-10H,1-3H3. The lowest BCUT2D eigenvalue weighted by atomic mass is 10.1. The van der Waals surface area contributed by atoms with Gasteiger partial charge in [0.05, 0.1) is 22.9 Å². The van der Waals surface area contributed by atoms with Gasteiger partial charge in [-0.25, -0.2) is 0 Å². The molecule has 3 aromatic heterocycles. The summed E-state index contributed by atoms with van der Waals surface area (Å²) in [6.07, 6.45) is 0. The topological polar surface area (TPSA) is 92.7 Å². The average Bonchev–Trinajstić information content (AvgIpc) is 3.58. The van der Waals surface area contributed by atoms with Crippen LogP contribution in [-0.4, -0.2) is 44.5 Å². The van der Waals surface area contributed by atoms with Crippen LogP contribution >= 0.6 is 11.7 Å². The quantitative estimate of drug-likeness (QED) is 0.476. The number of benzene rings is 1. The van der Waals surface area contributed by atoms with Crippen molar-refractivity contribution in [2.24, 2.45) is 0 Å². The van der Waals surface area contributed by atoms with Gasteiger partial charge in [-0.2, -0.15) is 8.75 Å². The van der Waals surface area contributed by atoms with Gasteiger partial charge < -0.3 is 18.6 Å². The Morgan fingerprint density at radius 3 is 2.06 bits per heavy atom. The number of carbonyl (C=O) groups is 2. The third kappa shape index (κ3) is 2.42. The van der Waals surface area contributed by atoms with Gasteiger partial charge in [0, 0.05) is 19.7 Å². The number of furan rings is 2. The van der Waals surface area contributed by atoms with E-state index in [0.717, 1.165) is 28.3 Å². The fourth-order valence-electron chi connectivity index (χ4n) is 4.28. The summed E-state index contributed by atoms with van der Waals surface area (Å²) in [5.41, 5.74) is 3.89. The monoisotopic (exact) mass is 444 g/mol. The van der Waals surface area contributed by atoms with Crippen molar-refractivity contribution in [3.05, 3.63) is 70.9 Å². The van der Waals surface area contributed by atoms with Crippen molar-refractivity contribution >= 4 is 46.0 Å². The van der Waals surface area contributed by atoms with E-state index in [-0.39, 0.29) is 11.8 Å². The molecule has 0 spiro atoms. The SMILES string of the molecule is Cc1ccc(C2=C3C(=O)N(C)C(c4ccc(-c5cccc6nsnc56)o4)=C3C(=O)N2C)o1. The summed E-state index contributed by atoms with van der Waals surface area (Å²) in [6, 6.07) is 12.8. The van der Waals surface area contributed by atoms with Gasteiger partial charge in [-0.3, -0.25) is 9.59 Å². The van der Waals surface area contributed by atoms with Crippen LogP contribution in [0.15, 0.2) is 62.4 Å². The first-order valence-electron chi connectivity index (χ1n) is 9.89. The fourth-order valence-corrected chi connectivity index (χ4v) is 4.83. The van der Waals surface area contributed by atoms with Gasteiger partial charge in [0.25, 0.3) is 11.8 Å². The van der Waals surface area contributed by atoms with Crippen molar-refractivity contribution in [3.63, 3.8) is 0 Å². The lowest BCUT2D eigenvalue weighted by Crippen LogP contribution is -2.25. The van der Waals surface area contributed by atoms with E-state index in [0.29, 0.717) is 45.6 Å². The second-order valence-corrected chi connectivity index (χ2v) is 8.22. The summed E-state index contributed by atoms with van der Waals surface area (Å²) >= 11 is 1.14. The number of nitrogens with zero attached hydrogens (tertiary/aromatic N) is 4. The van der Waals surface area contributed by atoms with E-state index in [1.54, 1.807) is 32.3 Å². The molecule has 32 heavy (non-hydrogen) atoms. The highest BCUT2D eigenvalue weighted by atomic mass is 32.1. The molecular weight excluding hydrogens is 428 g/mol. The first-order chi connectivity index (χ1) is 15.5. The second kappa shape index (κ2) is 6.51. The van der Waals surface area contributed by atoms with E-state index in [4.69, 9.17) is 8.83 Å². The Balaban J connectivity index is 1.53. The molecule has 2 aliphatic rings. The first-order valence-corrected chi connectivity index (χ1v) is 10.6. The van der Waals surface area contributed by atoms with E-state index in [1.807, 2.05) is 31.2 Å². The molecule has 2 aliphatic heterocycles. The van der Waals surface area contributed by atoms with Crippen LogP contribution in [0.4, 0.5) is 0 Å². The number of likely N-dealkylation sites (N-methyl/N-ethyl adjacent to an activating group) is 2. The summed E-state index contributed by atoms with van der Waals surface area (Å²) in [5.74, 6) is 1.65. The number of aromatic nitrogens is 2. The van der Waals surface area contributed by atoms with Gasteiger partial charge in [0.1, 0.15) is 33.9 Å². The zero-order chi connectivity index (χ0) is 22.1. The maximum atomic E-state index is 13.2.